The van der Waals surface area contributed by atoms with Crippen molar-refractivity contribution in [2.24, 2.45) is 5.10 Å². The topological polar surface area (TPSA) is 85.1 Å². The lowest BCUT2D eigenvalue weighted by atomic mass is 10.1. The Balaban J connectivity index is 1.59. The summed E-state index contributed by atoms with van der Waals surface area (Å²) < 4.78 is 1.65. The average molecular weight is 405 g/mol. The van der Waals surface area contributed by atoms with E-state index >= 15 is 0 Å². The van der Waals surface area contributed by atoms with Gasteiger partial charge in [0.15, 0.2) is 22.8 Å². The molecule has 0 aliphatic heterocycles. The van der Waals surface area contributed by atoms with Gasteiger partial charge in [0, 0.05) is 5.56 Å². The minimum Gasteiger partial charge on any atom is -0.307 e. The highest BCUT2D eigenvalue weighted by molar-refractivity contribution is 6.28. The molecule has 0 bridgehead atoms. The average Bonchev–Trinajstić information content (AvgIpc) is 3.11. The van der Waals surface area contributed by atoms with Crippen LogP contribution in [0.25, 0.3) is 11.2 Å². The second-order valence-electron chi connectivity index (χ2n) is 6.46. The number of anilines is 1. The Morgan fingerprint density at radius 2 is 2.00 bits per heavy atom. The number of carbonyl (C=O) groups is 1. The first kappa shape index (κ1) is 18.8. The summed E-state index contributed by atoms with van der Waals surface area (Å²) in [5, 5.41) is 4.26. The van der Waals surface area contributed by atoms with Crippen molar-refractivity contribution in [3.8, 4) is 0 Å². The van der Waals surface area contributed by atoms with Crippen LogP contribution in [0, 0.1) is 6.92 Å². The summed E-state index contributed by atoms with van der Waals surface area (Å²) in [6, 6.07) is 17.0. The SMILES string of the molecule is Cc1cccc(/C=N/Nc2nc(Cl)nc3c2ncn3CC(=O)c2ccccc2)c1. The number of carbonyl (C=O) groups excluding carboxylic acids is 1. The van der Waals surface area contributed by atoms with Gasteiger partial charge in [0.05, 0.1) is 19.1 Å². The lowest BCUT2D eigenvalue weighted by molar-refractivity contribution is 0.0973. The highest BCUT2D eigenvalue weighted by atomic mass is 35.5. The molecule has 0 unspecified atom stereocenters. The van der Waals surface area contributed by atoms with E-state index in [1.807, 2.05) is 49.4 Å². The van der Waals surface area contributed by atoms with Crippen molar-refractivity contribution in [2.75, 3.05) is 5.43 Å². The highest BCUT2D eigenvalue weighted by Gasteiger charge is 2.15. The molecule has 0 atom stereocenters. The number of Topliss-reactive ketones (excluding diaryl/α,β-unsaturated/α-hetero) is 1. The molecule has 2 heterocycles. The molecule has 8 heteroatoms. The number of fused-ring (bicyclic) bond motifs is 1. The van der Waals surface area contributed by atoms with Crippen LogP contribution in [0.4, 0.5) is 5.82 Å². The van der Waals surface area contributed by atoms with Crippen molar-refractivity contribution in [1.82, 2.24) is 19.5 Å². The van der Waals surface area contributed by atoms with Gasteiger partial charge < -0.3 is 4.57 Å². The fraction of sp³-hybridized carbons (Fsp3) is 0.0952. The zero-order valence-electron chi connectivity index (χ0n) is 15.6. The van der Waals surface area contributed by atoms with Crippen LogP contribution in [0.3, 0.4) is 0 Å². The van der Waals surface area contributed by atoms with Crippen molar-refractivity contribution < 1.29 is 4.79 Å². The van der Waals surface area contributed by atoms with Crippen molar-refractivity contribution >= 4 is 40.6 Å². The molecule has 0 aliphatic carbocycles. The van der Waals surface area contributed by atoms with Crippen LogP contribution < -0.4 is 5.43 Å². The third-order valence-corrected chi connectivity index (χ3v) is 4.44. The van der Waals surface area contributed by atoms with E-state index in [1.54, 1.807) is 29.2 Å². The second-order valence-corrected chi connectivity index (χ2v) is 6.80. The summed E-state index contributed by atoms with van der Waals surface area (Å²) in [4.78, 5) is 25.3. The molecule has 29 heavy (non-hydrogen) atoms. The van der Waals surface area contributed by atoms with Gasteiger partial charge in [-0.25, -0.2) is 4.98 Å². The summed E-state index contributed by atoms with van der Waals surface area (Å²) in [7, 11) is 0. The standard InChI is InChI=1S/C21H17ClN6O/c1-14-6-5-7-15(10-14)11-24-27-19-18-20(26-21(22)25-19)28(13-23-18)12-17(29)16-8-3-2-4-9-16/h2-11,13H,12H2,1H3,(H,25,26,27)/b24-11+. The zero-order chi connectivity index (χ0) is 20.2. The van der Waals surface area contributed by atoms with Crippen LogP contribution in [0.5, 0.6) is 0 Å². The normalized spacial score (nSPS) is 11.2. The maximum Gasteiger partial charge on any atom is 0.226 e. The Morgan fingerprint density at radius 3 is 2.79 bits per heavy atom. The number of ketones is 1. The van der Waals surface area contributed by atoms with Gasteiger partial charge in [0.25, 0.3) is 0 Å². The molecule has 0 saturated carbocycles. The Kier molecular flexibility index (Phi) is 5.31. The van der Waals surface area contributed by atoms with Gasteiger partial charge >= 0.3 is 0 Å². The van der Waals surface area contributed by atoms with Gasteiger partial charge in [0.2, 0.25) is 5.28 Å². The summed E-state index contributed by atoms with van der Waals surface area (Å²) in [6.07, 6.45) is 3.23. The number of aromatic nitrogens is 4. The van der Waals surface area contributed by atoms with Crippen LogP contribution in [0.15, 0.2) is 66.0 Å². The van der Waals surface area contributed by atoms with Gasteiger partial charge in [-0.1, -0.05) is 60.2 Å². The fourth-order valence-electron chi connectivity index (χ4n) is 2.90. The van der Waals surface area contributed by atoms with Crippen molar-refractivity contribution in [3.63, 3.8) is 0 Å². The third kappa shape index (κ3) is 4.30. The van der Waals surface area contributed by atoms with E-state index < -0.39 is 0 Å². The van der Waals surface area contributed by atoms with Crippen LogP contribution >= 0.6 is 11.6 Å². The molecule has 7 nitrogen and oxygen atoms in total. The lowest BCUT2D eigenvalue weighted by Gasteiger charge is -2.05. The van der Waals surface area contributed by atoms with Crippen LogP contribution in [0.2, 0.25) is 5.28 Å². The molecule has 0 spiro atoms. The first-order chi connectivity index (χ1) is 14.1. The third-order valence-electron chi connectivity index (χ3n) is 4.27. The number of nitrogens with zero attached hydrogens (tertiary/aromatic N) is 5. The minimum absolute atomic E-state index is 0.0414. The smallest absolute Gasteiger partial charge is 0.226 e. The van der Waals surface area contributed by atoms with E-state index in [9.17, 15) is 4.79 Å². The molecule has 144 valence electrons. The van der Waals surface area contributed by atoms with E-state index in [1.165, 1.54) is 0 Å². The number of aryl methyl sites for hydroxylation is 1. The molecule has 4 aromatic rings. The summed E-state index contributed by atoms with van der Waals surface area (Å²) in [5.41, 5.74) is 6.53. The largest absolute Gasteiger partial charge is 0.307 e. The molecule has 0 saturated heterocycles. The van der Waals surface area contributed by atoms with Gasteiger partial charge in [-0.05, 0) is 24.1 Å². The Hall–Kier alpha value is -3.58. The highest BCUT2D eigenvalue weighted by Crippen LogP contribution is 2.21. The summed E-state index contributed by atoms with van der Waals surface area (Å²) in [6.45, 7) is 2.11. The monoisotopic (exact) mass is 404 g/mol. The van der Waals surface area contributed by atoms with Crippen LogP contribution in [-0.2, 0) is 6.54 Å². The number of hydrogen-bond acceptors (Lipinski definition) is 6. The molecule has 4 rings (SSSR count). The number of halogens is 1. The predicted molar refractivity (Wildman–Crippen MR) is 114 cm³/mol. The van der Waals surface area contributed by atoms with Crippen LogP contribution in [0.1, 0.15) is 21.5 Å². The number of nitrogens with one attached hydrogen (secondary N) is 1. The van der Waals surface area contributed by atoms with Crippen molar-refractivity contribution in [2.45, 2.75) is 13.5 Å². The second kappa shape index (κ2) is 8.20. The fourth-order valence-corrected chi connectivity index (χ4v) is 3.06. The first-order valence-corrected chi connectivity index (χ1v) is 9.30. The predicted octanol–water partition coefficient (Wildman–Crippen LogP) is 4.12. The van der Waals surface area contributed by atoms with E-state index in [4.69, 9.17) is 11.6 Å². The minimum atomic E-state index is -0.0494. The lowest BCUT2D eigenvalue weighted by Crippen LogP contribution is -2.10. The van der Waals surface area contributed by atoms with Crippen LogP contribution in [-0.4, -0.2) is 31.5 Å². The molecule has 0 aliphatic rings. The molecule has 1 N–H and O–H groups in total. The Morgan fingerprint density at radius 1 is 1.17 bits per heavy atom. The molecular formula is C21H17ClN6O. The van der Waals surface area contributed by atoms with Crippen molar-refractivity contribution in [1.29, 1.82) is 0 Å². The van der Waals surface area contributed by atoms with E-state index in [-0.39, 0.29) is 17.6 Å². The van der Waals surface area contributed by atoms with E-state index in [0.29, 0.717) is 22.5 Å². The quantitative estimate of drug-likeness (QED) is 0.226. The molecule has 0 fully saturated rings. The Bertz CT molecular complexity index is 1200. The summed E-state index contributed by atoms with van der Waals surface area (Å²) in [5.74, 6) is 0.321. The summed E-state index contributed by atoms with van der Waals surface area (Å²) >= 11 is 6.08. The molecule has 0 radical (unpaired) electrons. The maximum absolute atomic E-state index is 12.5. The van der Waals surface area contributed by atoms with Gasteiger partial charge in [-0.15, -0.1) is 0 Å². The molecule has 0 amide bonds. The van der Waals surface area contributed by atoms with E-state index in [0.717, 1.165) is 11.1 Å². The molecule has 2 aromatic heterocycles. The number of imidazole rings is 1. The molecule has 2 aromatic carbocycles. The van der Waals surface area contributed by atoms with Crippen molar-refractivity contribution in [3.05, 3.63) is 82.9 Å². The van der Waals surface area contributed by atoms with Gasteiger partial charge in [-0.2, -0.15) is 15.1 Å². The van der Waals surface area contributed by atoms with E-state index in [2.05, 4.69) is 25.5 Å². The zero-order valence-corrected chi connectivity index (χ0v) is 16.3. The van der Waals surface area contributed by atoms with Gasteiger partial charge in [-0.3, -0.25) is 10.2 Å². The number of hydrogen-bond donors (Lipinski definition) is 1. The Labute approximate surface area is 172 Å². The van der Waals surface area contributed by atoms with Gasteiger partial charge in [0.1, 0.15) is 0 Å². The number of hydrazone groups is 1. The first-order valence-electron chi connectivity index (χ1n) is 8.92. The number of rotatable bonds is 6. The maximum atomic E-state index is 12.5. The molecular weight excluding hydrogens is 388 g/mol. The number of benzene rings is 2.